The Balaban J connectivity index is 1.95. The van der Waals surface area contributed by atoms with Crippen LogP contribution in [0.5, 0.6) is 0 Å². The molecule has 0 atom stereocenters. The van der Waals surface area contributed by atoms with Gasteiger partial charge >= 0.3 is 5.97 Å². The van der Waals surface area contributed by atoms with E-state index in [4.69, 9.17) is 4.74 Å². The number of hydrogen-bond donors (Lipinski definition) is 0. The molecule has 152 valence electrons. The Labute approximate surface area is 161 Å². The van der Waals surface area contributed by atoms with Crippen LogP contribution in [0.25, 0.3) is 0 Å². The molecule has 0 aromatic heterocycles. The van der Waals surface area contributed by atoms with Crippen molar-refractivity contribution in [3.8, 4) is 0 Å². The zero-order chi connectivity index (χ0) is 19.0. The van der Waals surface area contributed by atoms with Gasteiger partial charge in [0.2, 0.25) is 5.91 Å². The molecule has 0 N–H and O–H groups in total. The lowest BCUT2D eigenvalue weighted by atomic mass is 9.96. The van der Waals surface area contributed by atoms with Crippen LogP contribution in [0.1, 0.15) is 104 Å². The van der Waals surface area contributed by atoms with Crippen LogP contribution in [0.3, 0.4) is 0 Å². The quantitative estimate of drug-likeness (QED) is 0.301. The fraction of sp³-hybridized carbons (Fsp3) is 0.909. The number of carbonyl (C=O) groups excluding carboxylic acids is 2. The zero-order valence-corrected chi connectivity index (χ0v) is 17.3. The van der Waals surface area contributed by atoms with Gasteiger partial charge in [0.15, 0.2) is 0 Å². The van der Waals surface area contributed by atoms with Crippen molar-refractivity contribution < 1.29 is 14.3 Å². The number of nitrogens with zero attached hydrogens (tertiary/aromatic N) is 1. The van der Waals surface area contributed by atoms with E-state index in [0.717, 1.165) is 19.3 Å². The third-order valence-corrected chi connectivity index (χ3v) is 5.46. The molecule has 0 radical (unpaired) electrons. The van der Waals surface area contributed by atoms with Crippen LogP contribution < -0.4 is 0 Å². The molecular formula is C22H41NO3. The smallest absolute Gasteiger partial charge is 0.309 e. The van der Waals surface area contributed by atoms with Gasteiger partial charge in [-0.15, -0.1) is 0 Å². The molecule has 1 fully saturated rings. The summed E-state index contributed by atoms with van der Waals surface area (Å²) in [6.07, 6.45) is 16.5. The summed E-state index contributed by atoms with van der Waals surface area (Å²) >= 11 is 0. The van der Waals surface area contributed by atoms with Gasteiger partial charge in [-0.1, -0.05) is 71.1 Å². The summed E-state index contributed by atoms with van der Waals surface area (Å²) in [4.78, 5) is 25.9. The van der Waals surface area contributed by atoms with Crippen molar-refractivity contribution >= 4 is 11.9 Å². The first-order chi connectivity index (χ1) is 12.7. The van der Waals surface area contributed by atoms with Crippen molar-refractivity contribution in [2.24, 2.45) is 5.92 Å². The minimum atomic E-state index is -0.0926. The first-order valence-corrected chi connectivity index (χ1v) is 11.1. The standard InChI is InChI=1S/C22H41NO3/c1-3-5-6-7-8-9-10-11-12-13-14-15-21(24)23-18-16-20(17-19-23)22(25)26-4-2/h20H,3-19H2,1-2H3. The van der Waals surface area contributed by atoms with Gasteiger partial charge < -0.3 is 9.64 Å². The van der Waals surface area contributed by atoms with E-state index >= 15 is 0 Å². The Morgan fingerprint density at radius 2 is 1.31 bits per heavy atom. The monoisotopic (exact) mass is 367 g/mol. The van der Waals surface area contributed by atoms with Gasteiger partial charge in [0.1, 0.15) is 0 Å². The molecule has 0 aliphatic carbocycles. The third kappa shape index (κ3) is 10.2. The Kier molecular flexibility index (Phi) is 13.3. The second-order valence-corrected chi connectivity index (χ2v) is 7.69. The number of likely N-dealkylation sites (tertiary alicyclic amines) is 1. The maximum Gasteiger partial charge on any atom is 0.309 e. The molecular weight excluding hydrogens is 326 g/mol. The van der Waals surface area contributed by atoms with Crippen LogP contribution in [0.4, 0.5) is 0 Å². The van der Waals surface area contributed by atoms with E-state index in [1.807, 2.05) is 11.8 Å². The van der Waals surface area contributed by atoms with Crippen LogP contribution >= 0.6 is 0 Å². The number of piperidine rings is 1. The average Bonchev–Trinajstić information content (AvgIpc) is 2.66. The van der Waals surface area contributed by atoms with Gasteiger partial charge in [-0.2, -0.15) is 0 Å². The second-order valence-electron chi connectivity index (χ2n) is 7.69. The second kappa shape index (κ2) is 15.0. The molecule has 1 heterocycles. The van der Waals surface area contributed by atoms with Crippen LogP contribution in [0, 0.1) is 5.92 Å². The number of amides is 1. The Morgan fingerprint density at radius 3 is 1.81 bits per heavy atom. The molecule has 1 rings (SSSR count). The predicted octanol–water partition coefficient (Wildman–Crippen LogP) is 5.49. The molecule has 0 aromatic rings. The Hall–Kier alpha value is -1.06. The van der Waals surface area contributed by atoms with E-state index in [-0.39, 0.29) is 17.8 Å². The minimum absolute atomic E-state index is 0.0130. The van der Waals surface area contributed by atoms with Crippen LogP contribution in [-0.4, -0.2) is 36.5 Å². The number of esters is 1. The maximum atomic E-state index is 12.3. The molecule has 0 bridgehead atoms. The maximum absolute atomic E-state index is 12.3. The van der Waals surface area contributed by atoms with Crippen molar-refractivity contribution in [1.29, 1.82) is 0 Å². The summed E-state index contributed by atoms with van der Waals surface area (Å²) in [7, 11) is 0. The van der Waals surface area contributed by atoms with Crippen LogP contribution in [0.2, 0.25) is 0 Å². The summed E-state index contributed by atoms with van der Waals surface area (Å²) < 4.78 is 5.08. The number of hydrogen-bond acceptors (Lipinski definition) is 3. The van der Waals surface area contributed by atoms with E-state index in [1.54, 1.807) is 0 Å². The minimum Gasteiger partial charge on any atom is -0.466 e. The van der Waals surface area contributed by atoms with Gasteiger partial charge in [-0.05, 0) is 26.2 Å². The number of ether oxygens (including phenoxy) is 1. The Bertz CT molecular complexity index is 376. The molecule has 0 aromatic carbocycles. The molecule has 26 heavy (non-hydrogen) atoms. The number of unbranched alkanes of at least 4 members (excludes halogenated alkanes) is 10. The lowest BCUT2D eigenvalue weighted by molar-refractivity contribution is -0.151. The van der Waals surface area contributed by atoms with Crippen molar-refractivity contribution in [3.63, 3.8) is 0 Å². The summed E-state index contributed by atoms with van der Waals surface area (Å²) in [6.45, 7) is 5.96. The van der Waals surface area contributed by atoms with Crippen molar-refractivity contribution in [2.75, 3.05) is 19.7 Å². The van der Waals surface area contributed by atoms with E-state index in [2.05, 4.69) is 6.92 Å². The summed E-state index contributed by atoms with van der Waals surface area (Å²) in [6, 6.07) is 0. The number of carbonyl (C=O) groups is 2. The zero-order valence-electron chi connectivity index (χ0n) is 17.3. The normalized spacial score (nSPS) is 15.2. The number of rotatable bonds is 14. The molecule has 1 saturated heterocycles. The SMILES string of the molecule is CCCCCCCCCCCCCC(=O)N1CCC(C(=O)OCC)CC1. The summed E-state index contributed by atoms with van der Waals surface area (Å²) in [5, 5.41) is 0. The van der Waals surface area contributed by atoms with Gasteiger partial charge in [0, 0.05) is 19.5 Å². The molecule has 1 aliphatic heterocycles. The lowest BCUT2D eigenvalue weighted by Crippen LogP contribution is -2.40. The fourth-order valence-corrected chi connectivity index (χ4v) is 3.72. The van der Waals surface area contributed by atoms with Gasteiger partial charge in [-0.3, -0.25) is 9.59 Å². The topological polar surface area (TPSA) is 46.6 Å². The average molecular weight is 368 g/mol. The first-order valence-electron chi connectivity index (χ1n) is 11.1. The third-order valence-electron chi connectivity index (χ3n) is 5.46. The fourth-order valence-electron chi connectivity index (χ4n) is 3.72. The van der Waals surface area contributed by atoms with E-state index in [9.17, 15) is 9.59 Å². The lowest BCUT2D eigenvalue weighted by Gasteiger charge is -2.31. The molecule has 0 spiro atoms. The molecule has 4 heteroatoms. The first kappa shape index (κ1) is 23.0. The van der Waals surface area contributed by atoms with Crippen LogP contribution in [0.15, 0.2) is 0 Å². The molecule has 0 unspecified atom stereocenters. The Morgan fingerprint density at radius 1 is 0.808 bits per heavy atom. The van der Waals surface area contributed by atoms with Gasteiger partial charge in [0.25, 0.3) is 0 Å². The van der Waals surface area contributed by atoms with E-state index in [0.29, 0.717) is 26.1 Å². The van der Waals surface area contributed by atoms with Gasteiger partial charge in [0.05, 0.1) is 12.5 Å². The van der Waals surface area contributed by atoms with Crippen LogP contribution in [-0.2, 0) is 14.3 Å². The largest absolute Gasteiger partial charge is 0.466 e. The molecule has 1 aliphatic rings. The summed E-state index contributed by atoms with van der Waals surface area (Å²) in [5.41, 5.74) is 0. The summed E-state index contributed by atoms with van der Waals surface area (Å²) in [5.74, 6) is 0.161. The highest BCUT2D eigenvalue weighted by molar-refractivity contribution is 5.77. The molecule has 4 nitrogen and oxygen atoms in total. The van der Waals surface area contributed by atoms with Gasteiger partial charge in [-0.25, -0.2) is 0 Å². The van der Waals surface area contributed by atoms with Crippen molar-refractivity contribution in [1.82, 2.24) is 4.90 Å². The highest BCUT2D eigenvalue weighted by atomic mass is 16.5. The predicted molar refractivity (Wildman–Crippen MR) is 107 cm³/mol. The highest BCUT2D eigenvalue weighted by Gasteiger charge is 2.27. The van der Waals surface area contributed by atoms with E-state index in [1.165, 1.54) is 64.2 Å². The van der Waals surface area contributed by atoms with Crippen molar-refractivity contribution in [3.05, 3.63) is 0 Å². The highest BCUT2D eigenvalue weighted by Crippen LogP contribution is 2.20. The van der Waals surface area contributed by atoms with Crippen molar-refractivity contribution in [2.45, 2.75) is 104 Å². The van der Waals surface area contributed by atoms with E-state index < -0.39 is 0 Å². The molecule has 1 amide bonds. The molecule has 0 saturated carbocycles.